The van der Waals surface area contributed by atoms with Crippen LogP contribution in [0.25, 0.3) is 0 Å². The van der Waals surface area contributed by atoms with E-state index in [1.807, 2.05) is 0 Å². The molecule has 0 aromatic carbocycles. The van der Waals surface area contributed by atoms with E-state index >= 15 is 0 Å². The smallest absolute Gasteiger partial charge is 0.326 e. The zero-order valence-electron chi connectivity index (χ0n) is 39.0. The summed E-state index contributed by atoms with van der Waals surface area (Å²) in [5, 5.41) is 22.6. The first-order valence-corrected chi connectivity index (χ1v) is 22.6. The number of unbranched alkanes of at least 4 members (excludes halogenated alkanes) is 1. The third-order valence-electron chi connectivity index (χ3n) is 10.5. The standard InChI is InChI=1S/C39H75N21O9/c40-14-2-1-8-21(41)29(62)55-22(9-3-15-51-36(43)44)30(63)56-23(10-4-16-52-37(45)46)32(65)59-26(20-28(42)61)34(67)60-19-7-13-27(60)33(66)57-24(11-5-17-53-38(47)48)31(64)58-25(35(68)69)12-6-18-54-39(49)50/h21-27H,1-20,40-41H2,(H2,42,61)(H,55,62)(H,56,63)(H,57,66)(H,58,64)(H,59,65)(H,68,69)(H4,43,44,51)(H4,45,46,52)(H4,47,48,53)(H4,49,50,54)/t21-,22-,23-,24-,25-,26-,27-/m0/s1. The van der Waals surface area contributed by atoms with Crippen LogP contribution >= 0.6 is 0 Å². The van der Waals surface area contributed by atoms with Crippen LogP contribution in [0.1, 0.15) is 89.9 Å². The number of aliphatic imine (C=N–C) groups is 4. The van der Waals surface area contributed by atoms with Gasteiger partial charge in [0.15, 0.2) is 23.8 Å². The van der Waals surface area contributed by atoms with Crippen molar-refractivity contribution >= 4 is 71.2 Å². The third-order valence-corrected chi connectivity index (χ3v) is 10.5. The molecule has 0 saturated carbocycles. The number of likely N-dealkylation sites (tertiary alicyclic amines) is 1. The lowest BCUT2D eigenvalue weighted by atomic mass is 10.0. The maximum Gasteiger partial charge on any atom is 0.326 e. The Morgan fingerprint density at radius 1 is 0.522 bits per heavy atom. The lowest BCUT2D eigenvalue weighted by Crippen LogP contribution is -2.60. The van der Waals surface area contributed by atoms with Gasteiger partial charge in [0.1, 0.15) is 36.3 Å². The number of rotatable bonds is 34. The van der Waals surface area contributed by atoms with E-state index in [1.54, 1.807) is 0 Å². The lowest BCUT2D eigenvalue weighted by molar-refractivity contribution is -0.144. The van der Waals surface area contributed by atoms with Gasteiger partial charge in [-0.3, -0.25) is 53.5 Å². The molecule has 0 aromatic rings. The summed E-state index contributed by atoms with van der Waals surface area (Å²) in [6.45, 7) is 0.641. The number of carboxylic acid groups (broad SMARTS) is 1. The van der Waals surface area contributed by atoms with Crippen molar-refractivity contribution in [1.29, 1.82) is 0 Å². The van der Waals surface area contributed by atoms with Crippen LogP contribution in [-0.2, 0) is 38.4 Å². The van der Waals surface area contributed by atoms with Gasteiger partial charge in [-0.25, -0.2) is 4.79 Å². The number of carboxylic acids is 1. The van der Waals surface area contributed by atoms with E-state index in [0.29, 0.717) is 19.4 Å². The van der Waals surface area contributed by atoms with E-state index in [4.69, 9.17) is 63.1 Å². The Morgan fingerprint density at radius 3 is 1.32 bits per heavy atom. The molecule has 7 amide bonds. The van der Waals surface area contributed by atoms with E-state index in [-0.39, 0.29) is 127 Å². The first-order valence-electron chi connectivity index (χ1n) is 22.6. The summed E-state index contributed by atoms with van der Waals surface area (Å²) in [5.41, 5.74) is 60.5. The summed E-state index contributed by atoms with van der Waals surface area (Å²) >= 11 is 0. The van der Waals surface area contributed by atoms with Crippen LogP contribution in [0.15, 0.2) is 20.0 Å². The quantitative estimate of drug-likeness (QED) is 0.0162. The minimum Gasteiger partial charge on any atom is -0.480 e. The average Bonchev–Trinajstić information content (AvgIpc) is 3.77. The fraction of sp³-hybridized carbons (Fsp3) is 0.692. The molecule has 1 fully saturated rings. The van der Waals surface area contributed by atoms with Crippen molar-refractivity contribution < 1.29 is 43.5 Å². The van der Waals surface area contributed by atoms with Crippen molar-refractivity contribution in [3.63, 3.8) is 0 Å². The molecule has 0 unspecified atom stereocenters. The summed E-state index contributed by atoms with van der Waals surface area (Å²) in [7, 11) is 0. The number of nitrogens with zero attached hydrogens (tertiary/aromatic N) is 5. The van der Waals surface area contributed by atoms with Gasteiger partial charge >= 0.3 is 5.97 Å². The highest BCUT2D eigenvalue weighted by Gasteiger charge is 2.40. The van der Waals surface area contributed by atoms with E-state index in [9.17, 15) is 43.5 Å². The van der Waals surface area contributed by atoms with Gasteiger partial charge in [-0.2, -0.15) is 0 Å². The number of hydrogen-bond donors (Lipinski definition) is 17. The lowest BCUT2D eigenvalue weighted by Gasteiger charge is -2.30. The summed E-state index contributed by atoms with van der Waals surface area (Å²) < 4.78 is 0. The van der Waals surface area contributed by atoms with Crippen LogP contribution in [0.2, 0.25) is 0 Å². The fourth-order valence-electron chi connectivity index (χ4n) is 6.99. The number of amides is 7. The molecule has 30 heteroatoms. The normalized spacial score (nSPS) is 15.6. The summed E-state index contributed by atoms with van der Waals surface area (Å²) in [6, 6.07) is -9.24. The van der Waals surface area contributed by atoms with Crippen molar-refractivity contribution in [2.45, 2.75) is 132 Å². The zero-order chi connectivity index (χ0) is 52.1. The monoisotopic (exact) mass is 982 g/mol. The number of nitrogens with one attached hydrogen (secondary N) is 5. The Hall–Kier alpha value is -7.24. The average molecular weight is 982 g/mol. The summed E-state index contributed by atoms with van der Waals surface area (Å²) in [6.07, 6.45) is 1.57. The van der Waals surface area contributed by atoms with E-state index in [1.165, 1.54) is 0 Å². The van der Waals surface area contributed by atoms with Crippen molar-refractivity contribution in [3.05, 3.63) is 0 Å². The molecule has 1 aliphatic heterocycles. The number of aliphatic carboxylic acids is 1. The highest BCUT2D eigenvalue weighted by Crippen LogP contribution is 2.20. The van der Waals surface area contributed by atoms with Crippen molar-refractivity contribution in [1.82, 2.24) is 31.5 Å². The van der Waals surface area contributed by atoms with Crippen LogP contribution in [-0.4, -0.2) is 163 Å². The number of carbonyl (C=O) groups is 8. The number of nitrogens with two attached hydrogens (primary N) is 11. The van der Waals surface area contributed by atoms with Crippen LogP contribution in [0, 0.1) is 0 Å². The molecule has 0 bridgehead atoms. The molecule has 69 heavy (non-hydrogen) atoms. The Kier molecular flexibility index (Phi) is 28.1. The maximum absolute atomic E-state index is 14.3. The topological polar surface area (TPSA) is 556 Å². The van der Waals surface area contributed by atoms with Gasteiger partial charge in [-0.1, -0.05) is 6.42 Å². The molecule has 390 valence electrons. The molecule has 0 aromatic heterocycles. The van der Waals surface area contributed by atoms with Crippen LogP contribution in [0.4, 0.5) is 0 Å². The minimum absolute atomic E-state index is 0.00698. The van der Waals surface area contributed by atoms with Gasteiger partial charge in [0.2, 0.25) is 41.4 Å². The third kappa shape index (κ3) is 24.9. The minimum atomic E-state index is -1.66. The van der Waals surface area contributed by atoms with Crippen molar-refractivity contribution in [3.8, 4) is 0 Å². The molecule has 0 spiro atoms. The van der Waals surface area contributed by atoms with Crippen LogP contribution in [0.5, 0.6) is 0 Å². The molecule has 7 atom stereocenters. The molecular formula is C39H75N21O9. The molecule has 28 N–H and O–H groups in total. The molecule has 1 heterocycles. The largest absolute Gasteiger partial charge is 0.480 e. The highest BCUT2D eigenvalue weighted by molar-refractivity contribution is 5.98. The SMILES string of the molecule is NCCCC[C@H](N)C(=O)N[C@@H](CCCN=C(N)N)C(=O)N[C@@H](CCCN=C(N)N)C(=O)N[C@@H](CC(N)=O)C(=O)N1CCC[C@H]1C(=O)N[C@@H](CCCN=C(N)N)C(=O)N[C@@H](CCCN=C(N)N)C(=O)O. The second kappa shape index (κ2) is 32.5. The highest BCUT2D eigenvalue weighted by atomic mass is 16.4. The number of primary amides is 1. The van der Waals surface area contributed by atoms with Gasteiger partial charge in [0.05, 0.1) is 12.5 Å². The first-order chi connectivity index (χ1) is 32.6. The van der Waals surface area contributed by atoms with Crippen molar-refractivity contribution in [2.75, 3.05) is 39.3 Å². The molecule has 1 rings (SSSR count). The Labute approximate surface area is 400 Å². The number of hydrogen-bond acceptors (Lipinski definition) is 14. The van der Waals surface area contributed by atoms with Crippen molar-refractivity contribution in [2.24, 2.45) is 83.0 Å². The fourth-order valence-corrected chi connectivity index (χ4v) is 6.99. The maximum atomic E-state index is 14.3. The zero-order valence-corrected chi connectivity index (χ0v) is 39.0. The van der Waals surface area contributed by atoms with E-state index < -0.39 is 96.0 Å². The van der Waals surface area contributed by atoms with Gasteiger partial charge in [-0.15, -0.1) is 0 Å². The summed E-state index contributed by atoms with van der Waals surface area (Å²) in [4.78, 5) is 124. The van der Waals surface area contributed by atoms with Crippen LogP contribution < -0.4 is 89.7 Å². The first kappa shape index (κ1) is 59.8. The Balaban J connectivity index is 3.45. The van der Waals surface area contributed by atoms with E-state index in [2.05, 4.69) is 46.6 Å². The number of carbonyl (C=O) groups excluding carboxylic acids is 7. The van der Waals surface area contributed by atoms with Crippen LogP contribution in [0.3, 0.4) is 0 Å². The Bertz CT molecular complexity index is 1830. The second-order valence-corrected chi connectivity index (χ2v) is 16.2. The summed E-state index contributed by atoms with van der Waals surface area (Å²) in [5.74, 6) is -8.14. The molecule has 1 saturated heterocycles. The van der Waals surface area contributed by atoms with Gasteiger partial charge < -0.3 is 99.7 Å². The molecule has 0 radical (unpaired) electrons. The Morgan fingerprint density at radius 2 is 0.913 bits per heavy atom. The van der Waals surface area contributed by atoms with Gasteiger partial charge in [0.25, 0.3) is 0 Å². The second-order valence-electron chi connectivity index (χ2n) is 16.2. The molecular weight excluding hydrogens is 907 g/mol. The van der Waals surface area contributed by atoms with Gasteiger partial charge in [-0.05, 0) is 83.6 Å². The molecule has 0 aliphatic carbocycles. The van der Waals surface area contributed by atoms with Gasteiger partial charge in [0, 0.05) is 32.7 Å². The molecule has 30 nitrogen and oxygen atoms in total. The van der Waals surface area contributed by atoms with E-state index in [0.717, 1.165) is 4.90 Å². The predicted molar refractivity (Wildman–Crippen MR) is 256 cm³/mol. The number of guanidine groups is 4. The molecule has 1 aliphatic rings. The predicted octanol–water partition coefficient (Wildman–Crippen LogP) is -7.97.